The minimum atomic E-state index is -4.55. The first kappa shape index (κ1) is 34.7. The number of aliphatic hydroxyl groups is 1. The van der Waals surface area contributed by atoms with Crippen molar-refractivity contribution in [2.45, 2.75) is 90.2 Å². The van der Waals surface area contributed by atoms with Crippen molar-refractivity contribution in [1.29, 1.82) is 0 Å². The van der Waals surface area contributed by atoms with E-state index >= 15 is 0 Å². The number of rotatable bonds is 22. The summed E-state index contributed by atoms with van der Waals surface area (Å²) < 4.78 is 22.4. The van der Waals surface area contributed by atoms with Crippen LogP contribution in [0.1, 0.15) is 78.1 Å². The van der Waals surface area contributed by atoms with Crippen LogP contribution < -0.4 is 10.2 Å². The van der Waals surface area contributed by atoms with Crippen LogP contribution in [0.15, 0.2) is 36.5 Å². The van der Waals surface area contributed by atoms with E-state index in [2.05, 4.69) is 36.5 Å². The predicted octanol–water partition coefficient (Wildman–Crippen LogP) is 4.65. The summed E-state index contributed by atoms with van der Waals surface area (Å²) in [5, 5.41) is 13.1. The van der Waals surface area contributed by atoms with E-state index in [0.29, 0.717) is 11.0 Å². The van der Waals surface area contributed by atoms with Gasteiger partial charge in [-0.3, -0.25) is 9.36 Å². The Labute approximate surface area is 219 Å². The van der Waals surface area contributed by atoms with Gasteiger partial charge in [0.15, 0.2) is 0 Å². The van der Waals surface area contributed by atoms with E-state index in [4.69, 9.17) is 9.05 Å². The molecule has 0 radical (unpaired) electrons. The van der Waals surface area contributed by atoms with Crippen LogP contribution in [0.2, 0.25) is 0 Å². The van der Waals surface area contributed by atoms with Crippen LogP contribution in [0.25, 0.3) is 0 Å². The first-order chi connectivity index (χ1) is 17.0. The van der Waals surface area contributed by atoms with Crippen molar-refractivity contribution < 1.29 is 32.9 Å². The van der Waals surface area contributed by atoms with Gasteiger partial charge < -0.3 is 28.8 Å². The average molecular weight is 531 g/mol. The Kier molecular flexibility index (Phi) is 20.0. The molecule has 0 spiro atoms. The standard InChI is InChI=1S/C27H51N2O6P/c1-6-8-9-10-11-12-13-14-15-16-17-18-19-20-21-26(30)25(28-27(31)7-2)24-35-36(32,33)34-23-22-29(3,4)5/h12-13,16-17,20-21,25-26,30H,6-11,14-15,18-19,22-24H2,1-5H3,(H-,28,31,32,33)/b13-12+,17-16+,21-20+. The summed E-state index contributed by atoms with van der Waals surface area (Å²) in [7, 11) is 1.21. The zero-order valence-electron chi connectivity index (χ0n) is 23.2. The molecule has 0 heterocycles. The van der Waals surface area contributed by atoms with Crippen LogP contribution in [0.3, 0.4) is 0 Å². The smallest absolute Gasteiger partial charge is 0.268 e. The summed E-state index contributed by atoms with van der Waals surface area (Å²) in [5.74, 6) is -0.305. The van der Waals surface area contributed by atoms with Crippen molar-refractivity contribution in [3.63, 3.8) is 0 Å². The van der Waals surface area contributed by atoms with E-state index in [-0.39, 0.29) is 18.9 Å². The molecule has 210 valence electrons. The van der Waals surface area contributed by atoms with Gasteiger partial charge >= 0.3 is 0 Å². The number of carbonyl (C=O) groups excluding carboxylic acids is 1. The second-order valence-corrected chi connectivity index (χ2v) is 11.4. The molecule has 36 heavy (non-hydrogen) atoms. The lowest BCUT2D eigenvalue weighted by Crippen LogP contribution is -2.45. The average Bonchev–Trinajstić information content (AvgIpc) is 2.80. The van der Waals surface area contributed by atoms with Gasteiger partial charge in [-0.15, -0.1) is 0 Å². The van der Waals surface area contributed by atoms with Crippen LogP contribution in [0.5, 0.6) is 0 Å². The Hall–Kier alpha value is -1.28. The number of quaternary nitrogens is 1. The molecule has 0 rings (SSSR count). The van der Waals surface area contributed by atoms with Gasteiger partial charge in [0.25, 0.3) is 7.82 Å². The largest absolute Gasteiger partial charge is 0.756 e. The number of hydrogen-bond donors (Lipinski definition) is 2. The fourth-order valence-corrected chi connectivity index (χ4v) is 3.81. The van der Waals surface area contributed by atoms with Crippen molar-refractivity contribution in [3.8, 4) is 0 Å². The number of nitrogens with one attached hydrogen (secondary N) is 1. The molecule has 0 saturated carbocycles. The molecule has 2 N–H and O–H groups in total. The summed E-state index contributed by atoms with van der Waals surface area (Å²) >= 11 is 0. The van der Waals surface area contributed by atoms with E-state index < -0.39 is 26.6 Å². The molecule has 9 heteroatoms. The lowest BCUT2D eigenvalue weighted by Gasteiger charge is -2.29. The van der Waals surface area contributed by atoms with Gasteiger partial charge in [0.05, 0.1) is 39.9 Å². The summed E-state index contributed by atoms with van der Waals surface area (Å²) in [6.07, 6.45) is 21.3. The molecule has 0 aromatic carbocycles. The molecule has 0 saturated heterocycles. The van der Waals surface area contributed by atoms with Crippen LogP contribution >= 0.6 is 7.82 Å². The van der Waals surface area contributed by atoms with Gasteiger partial charge in [0, 0.05) is 6.42 Å². The molecule has 0 aliphatic rings. The SMILES string of the molecule is CCCCCC/C=C/CC/C=C/CC/C=C/C(O)C(COP(=O)([O-])OCC[N+](C)(C)C)NC(=O)CC. The maximum absolute atomic E-state index is 12.0. The minimum Gasteiger partial charge on any atom is -0.756 e. The van der Waals surface area contributed by atoms with E-state index in [0.717, 1.165) is 32.1 Å². The number of aliphatic hydroxyl groups excluding tert-OH is 1. The molecule has 0 aromatic rings. The van der Waals surface area contributed by atoms with Crippen LogP contribution in [0, 0.1) is 0 Å². The van der Waals surface area contributed by atoms with E-state index in [1.807, 2.05) is 27.2 Å². The number of allylic oxidation sites excluding steroid dienone is 5. The lowest BCUT2D eigenvalue weighted by molar-refractivity contribution is -0.870. The monoisotopic (exact) mass is 530 g/mol. The van der Waals surface area contributed by atoms with Crippen LogP contribution in [-0.4, -0.2) is 68.5 Å². The Morgan fingerprint density at radius 2 is 1.53 bits per heavy atom. The molecular weight excluding hydrogens is 479 g/mol. The van der Waals surface area contributed by atoms with Crippen LogP contribution in [0.4, 0.5) is 0 Å². The van der Waals surface area contributed by atoms with Gasteiger partial charge in [-0.2, -0.15) is 0 Å². The highest BCUT2D eigenvalue weighted by Crippen LogP contribution is 2.38. The molecule has 0 fully saturated rings. The molecule has 0 bridgehead atoms. The Morgan fingerprint density at radius 1 is 0.944 bits per heavy atom. The van der Waals surface area contributed by atoms with Gasteiger partial charge in [0.1, 0.15) is 13.2 Å². The number of amides is 1. The normalized spacial score (nSPS) is 16.1. The molecule has 1 amide bonds. The number of nitrogens with zero attached hydrogens (tertiary/aromatic N) is 1. The Balaban J connectivity index is 4.40. The second-order valence-electron chi connectivity index (χ2n) is 9.98. The number of phosphoric acid groups is 1. The molecule has 0 aliphatic carbocycles. The topological polar surface area (TPSA) is 108 Å². The molecule has 0 aromatic heterocycles. The highest BCUT2D eigenvalue weighted by molar-refractivity contribution is 7.45. The third-order valence-corrected chi connectivity index (χ3v) is 6.36. The molecule has 8 nitrogen and oxygen atoms in total. The number of phosphoric ester groups is 1. The fraction of sp³-hybridized carbons (Fsp3) is 0.741. The summed E-state index contributed by atoms with van der Waals surface area (Å²) in [5.41, 5.74) is 0. The lowest BCUT2D eigenvalue weighted by atomic mass is 10.1. The summed E-state index contributed by atoms with van der Waals surface area (Å²) in [6.45, 7) is 3.97. The maximum atomic E-state index is 12.0. The number of hydrogen-bond acceptors (Lipinski definition) is 6. The first-order valence-corrected chi connectivity index (χ1v) is 14.8. The maximum Gasteiger partial charge on any atom is 0.268 e. The Bertz CT molecular complexity index is 703. The van der Waals surface area contributed by atoms with Gasteiger partial charge in [-0.25, -0.2) is 0 Å². The van der Waals surface area contributed by atoms with Crippen molar-refractivity contribution in [2.24, 2.45) is 0 Å². The van der Waals surface area contributed by atoms with Crippen molar-refractivity contribution >= 4 is 13.7 Å². The number of unbranched alkanes of at least 4 members (excludes halogenated alkanes) is 6. The fourth-order valence-electron chi connectivity index (χ4n) is 3.08. The molecule has 0 aliphatic heterocycles. The highest BCUT2D eigenvalue weighted by Gasteiger charge is 2.22. The van der Waals surface area contributed by atoms with Crippen LogP contribution in [-0.2, 0) is 18.4 Å². The van der Waals surface area contributed by atoms with Gasteiger partial charge in [0.2, 0.25) is 5.91 Å². The Morgan fingerprint density at radius 3 is 2.08 bits per heavy atom. The zero-order chi connectivity index (χ0) is 27.3. The quantitative estimate of drug-likeness (QED) is 0.0913. The molecule has 3 atom stereocenters. The molecule has 3 unspecified atom stereocenters. The number of carbonyl (C=O) groups is 1. The molecular formula is C27H51N2O6P. The van der Waals surface area contributed by atoms with Gasteiger partial charge in [-0.05, 0) is 38.5 Å². The van der Waals surface area contributed by atoms with E-state index in [1.54, 1.807) is 13.0 Å². The van der Waals surface area contributed by atoms with Crippen molar-refractivity contribution in [2.75, 3.05) is 40.9 Å². The van der Waals surface area contributed by atoms with E-state index in [9.17, 15) is 19.4 Å². The van der Waals surface area contributed by atoms with Crippen molar-refractivity contribution in [1.82, 2.24) is 5.32 Å². The predicted molar refractivity (Wildman–Crippen MR) is 145 cm³/mol. The van der Waals surface area contributed by atoms with E-state index in [1.165, 1.54) is 25.7 Å². The zero-order valence-corrected chi connectivity index (χ0v) is 24.1. The highest BCUT2D eigenvalue weighted by atomic mass is 31.2. The van der Waals surface area contributed by atoms with Crippen molar-refractivity contribution in [3.05, 3.63) is 36.5 Å². The third-order valence-electron chi connectivity index (χ3n) is 5.39. The summed E-state index contributed by atoms with van der Waals surface area (Å²) in [6, 6.07) is -0.901. The third kappa shape index (κ3) is 22.0. The second kappa shape index (κ2) is 20.7. The number of likely N-dealkylation sites (N-methyl/N-ethyl adjacent to an activating group) is 1. The van der Waals surface area contributed by atoms with Gasteiger partial charge in [-0.1, -0.05) is 69.6 Å². The first-order valence-electron chi connectivity index (χ1n) is 13.4. The minimum absolute atomic E-state index is 0.0123. The summed E-state index contributed by atoms with van der Waals surface area (Å²) in [4.78, 5) is 23.9.